The summed E-state index contributed by atoms with van der Waals surface area (Å²) in [5.74, 6) is -0.882. The minimum Gasteiger partial charge on any atom is -0.394 e. The number of halogens is 6. The van der Waals surface area contributed by atoms with Gasteiger partial charge in [-0.3, -0.25) is 14.6 Å². The van der Waals surface area contributed by atoms with Gasteiger partial charge in [0.1, 0.15) is 6.61 Å². The van der Waals surface area contributed by atoms with Gasteiger partial charge in [0.2, 0.25) is 0 Å². The molecule has 14 heteroatoms. The van der Waals surface area contributed by atoms with Gasteiger partial charge >= 0.3 is 12.4 Å². The Labute approximate surface area is 262 Å². The highest BCUT2D eigenvalue weighted by molar-refractivity contribution is 5.95. The monoisotopic (exact) mass is 653 g/mol. The largest absolute Gasteiger partial charge is 0.416 e. The Morgan fingerprint density at radius 2 is 1.70 bits per heavy atom. The van der Waals surface area contributed by atoms with Gasteiger partial charge in [0.15, 0.2) is 0 Å². The Kier molecular flexibility index (Phi) is 10.3. The van der Waals surface area contributed by atoms with Crippen molar-refractivity contribution >= 4 is 22.5 Å². The standard InChI is InChI=1S/C32H37F6N5O3/c1-21(40-46-20-22(2)42-9-11-45-12-10-42)18-41-7-8-43(27(19-41)15-24-17-39-29-6-4-3-5-28(24)29)30(44)23-13-25(31(33,34)35)16-26(14-23)32(36,37)38/h3-6,13-14,16-17,22,27,39H,7-12,15,18-20H2,1-2H3/b40-21+/t22?,27-/m1/s1. The maximum Gasteiger partial charge on any atom is 0.416 e. The molecule has 5 rings (SSSR count). The molecule has 2 aliphatic rings. The number of ether oxygens (including phenoxy) is 1. The number of hydrogen-bond donors (Lipinski definition) is 1. The van der Waals surface area contributed by atoms with Crippen LogP contribution < -0.4 is 0 Å². The summed E-state index contributed by atoms with van der Waals surface area (Å²) in [7, 11) is 0. The number of nitrogens with one attached hydrogen (secondary N) is 1. The highest BCUT2D eigenvalue weighted by atomic mass is 19.4. The molecule has 46 heavy (non-hydrogen) atoms. The number of aromatic nitrogens is 1. The zero-order chi connectivity index (χ0) is 33.1. The van der Waals surface area contributed by atoms with E-state index in [-0.39, 0.29) is 18.7 Å². The van der Waals surface area contributed by atoms with Crippen LogP contribution in [0.2, 0.25) is 0 Å². The lowest BCUT2D eigenvalue weighted by Crippen LogP contribution is -2.56. The topological polar surface area (TPSA) is 73.4 Å². The van der Waals surface area contributed by atoms with Gasteiger partial charge in [-0.05, 0) is 50.1 Å². The summed E-state index contributed by atoms with van der Waals surface area (Å²) in [6.45, 7) is 8.49. The highest BCUT2D eigenvalue weighted by Crippen LogP contribution is 2.37. The minimum absolute atomic E-state index is 0.0318. The summed E-state index contributed by atoms with van der Waals surface area (Å²) < 4.78 is 86.9. The van der Waals surface area contributed by atoms with E-state index in [2.05, 4.69) is 26.9 Å². The maximum absolute atomic E-state index is 13.7. The molecule has 0 spiro atoms. The minimum atomic E-state index is -5.06. The summed E-state index contributed by atoms with van der Waals surface area (Å²) in [4.78, 5) is 28.3. The second-order valence-electron chi connectivity index (χ2n) is 11.9. The molecular formula is C32H37F6N5O3. The molecule has 2 atom stereocenters. The summed E-state index contributed by atoms with van der Waals surface area (Å²) in [6.07, 6.45) is -7.97. The Morgan fingerprint density at radius 1 is 1.02 bits per heavy atom. The number of hydrogen-bond acceptors (Lipinski definition) is 6. The van der Waals surface area contributed by atoms with Crippen molar-refractivity contribution in [3.8, 4) is 0 Å². The number of morpholine rings is 1. The van der Waals surface area contributed by atoms with Crippen LogP contribution in [0.4, 0.5) is 26.3 Å². The van der Waals surface area contributed by atoms with E-state index in [0.717, 1.165) is 29.6 Å². The van der Waals surface area contributed by atoms with Gasteiger partial charge in [0, 0.05) is 74.0 Å². The summed E-state index contributed by atoms with van der Waals surface area (Å²) >= 11 is 0. The molecule has 3 heterocycles. The fourth-order valence-corrected chi connectivity index (χ4v) is 6.04. The molecule has 8 nitrogen and oxygen atoms in total. The number of carbonyl (C=O) groups is 1. The molecule has 1 N–H and O–H groups in total. The third-order valence-electron chi connectivity index (χ3n) is 8.45. The van der Waals surface area contributed by atoms with Crippen molar-refractivity contribution in [2.75, 3.05) is 59.1 Å². The highest BCUT2D eigenvalue weighted by Gasteiger charge is 2.39. The number of benzene rings is 2. The van der Waals surface area contributed by atoms with E-state index in [9.17, 15) is 31.1 Å². The molecule has 1 amide bonds. The third-order valence-corrected chi connectivity index (χ3v) is 8.45. The van der Waals surface area contributed by atoms with Crippen molar-refractivity contribution in [3.63, 3.8) is 0 Å². The molecule has 2 aliphatic heterocycles. The van der Waals surface area contributed by atoms with Crippen molar-refractivity contribution in [3.05, 3.63) is 70.9 Å². The molecule has 2 fully saturated rings. The first-order valence-electron chi connectivity index (χ1n) is 15.1. The number of nitrogens with zero attached hydrogens (tertiary/aromatic N) is 4. The second-order valence-corrected chi connectivity index (χ2v) is 11.9. The molecule has 250 valence electrons. The van der Waals surface area contributed by atoms with Crippen molar-refractivity contribution in [1.29, 1.82) is 0 Å². The predicted octanol–water partition coefficient (Wildman–Crippen LogP) is 5.69. The molecule has 0 radical (unpaired) electrons. The van der Waals surface area contributed by atoms with Gasteiger partial charge in [-0.2, -0.15) is 26.3 Å². The van der Waals surface area contributed by atoms with Gasteiger partial charge in [0.25, 0.3) is 5.91 Å². The Hall–Kier alpha value is -3.62. The summed E-state index contributed by atoms with van der Waals surface area (Å²) in [6, 6.07) is 8.21. The van der Waals surface area contributed by atoms with Gasteiger partial charge in [-0.15, -0.1) is 0 Å². The lowest BCUT2D eigenvalue weighted by Gasteiger charge is -2.41. The fourth-order valence-electron chi connectivity index (χ4n) is 6.04. The number of aromatic amines is 1. The first-order chi connectivity index (χ1) is 21.8. The Balaban J connectivity index is 1.35. The summed E-state index contributed by atoms with van der Waals surface area (Å²) in [5.41, 5.74) is -1.24. The SMILES string of the molecule is C/C(CN1CCN(C(=O)c2cc(C(F)(F)F)cc(C(F)(F)F)c2)[C@H](Cc2c[nH]c3ccccc23)C1)=N\OCC(C)N1CCOCC1. The Morgan fingerprint density at radius 3 is 2.37 bits per heavy atom. The van der Waals surface area contributed by atoms with Crippen molar-refractivity contribution in [2.45, 2.75) is 44.7 Å². The van der Waals surface area contributed by atoms with Crippen LogP contribution in [0.5, 0.6) is 0 Å². The van der Waals surface area contributed by atoms with E-state index >= 15 is 0 Å². The van der Waals surface area contributed by atoms with Crippen LogP contribution in [0.15, 0.2) is 53.8 Å². The number of amides is 1. The van der Waals surface area contributed by atoms with E-state index in [1.54, 1.807) is 0 Å². The van der Waals surface area contributed by atoms with E-state index in [1.165, 1.54) is 4.90 Å². The van der Waals surface area contributed by atoms with Gasteiger partial charge in [-0.25, -0.2) is 0 Å². The Bertz CT molecular complexity index is 1500. The number of oxime groups is 1. The van der Waals surface area contributed by atoms with Gasteiger partial charge in [0.05, 0.1) is 30.1 Å². The first-order valence-corrected chi connectivity index (χ1v) is 15.1. The van der Waals surface area contributed by atoms with Crippen molar-refractivity contribution in [1.82, 2.24) is 19.7 Å². The zero-order valence-corrected chi connectivity index (χ0v) is 25.6. The number of carbonyl (C=O) groups excluding carboxylic acids is 1. The number of rotatable bonds is 9. The fraction of sp³-hybridized carbons (Fsp3) is 0.500. The van der Waals surface area contributed by atoms with Crippen LogP contribution in [-0.4, -0.2) is 102 Å². The van der Waals surface area contributed by atoms with Crippen LogP contribution in [-0.2, 0) is 28.3 Å². The molecule has 0 bridgehead atoms. The van der Waals surface area contributed by atoms with Gasteiger partial charge < -0.3 is 19.5 Å². The van der Waals surface area contributed by atoms with Crippen molar-refractivity contribution < 1.29 is 40.7 Å². The third kappa shape index (κ3) is 8.20. The molecule has 3 aromatic rings. The number of para-hydroxylation sites is 1. The first kappa shape index (κ1) is 33.7. The quantitative estimate of drug-likeness (QED) is 0.183. The van der Waals surface area contributed by atoms with Crippen LogP contribution in [0.3, 0.4) is 0 Å². The number of H-pyrrole nitrogens is 1. The van der Waals surface area contributed by atoms with E-state index < -0.39 is 41.0 Å². The molecular weight excluding hydrogens is 616 g/mol. The van der Waals surface area contributed by atoms with Crippen molar-refractivity contribution in [2.24, 2.45) is 5.16 Å². The second kappa shape index (κ2) is 14.0. The van der Waals surface area contributed by atoms with E-state index in [1.807, 2.05) is 37.4 Å². The molecule has 2 saturated heterocycles. The molecule has 1 aromatic heterocycles. The predicted molar refractivity (Wildman–Crippen MR) is 161 cm³/mol. The van der Waals surface area contributed by atoms with Crippen LogP contribution in [0.25, 0.3) is 10.9 Å². The smallest absolute Gasteiger partial charge is 0.394 e. The van der Waals surface area contributed by atoms with Crippen LogP contribution >= 0.6 is 0 Å². The molecule has 0 saturated carbocycles. The lowest BCUT2D eigenvalue weighted by atomic mass is 9.98. The molecule has 2 aromatic carbocycles. The van der Waals surface area contributed by atoms with Crippen LogP contribution in [0.1, 0.15) is 40.9 Å². The number of piperazine rings is 1. The average molecular weight is 654 g/mol. The summed E-state index contributed by atoms with van der Waals surface area (Å²) in [5, 5.41) is 5.20. The number of alkyl halides is 6. The van der Waals surface area contributed by atoms with E-state index in [0.29, 0.717) is 63.7 Å². The zero-order valence-electron chi connectivity index (χ0n) is 25.6. The molecule has 1 unspecified atom stereocenters. The van der Waals surface area contributed by atoms with E-state index in [4.69, 9.17) is 9.57 Å². The maximum atomic E-state index is 13.7. The lowest BCUT2D eigenvalue weighted by molar-refractivity contribution is -0.143. The average Bonchev–Trinajstić information content (AvgIpc) is 3.43. The van der Waals surface area contributed by atoms with Crippen LogP contribution in [0, 0.1) is 0 Å². The normalized spacial score (nSPS) is 19.9. The van der Waals surface area contributed by atoms with Gasteiger partial charge in [-0.1, -0.05) is 23.4 Å². The molecule has 0 aliphatic carbocycles. The number of fused-ring (bicyclic) bond motifs is 1.